The highest BCUT2D eigenvalue weighted by Gasteiger charge is 2.43. The Morgan fingerprint density at radius 1 is 1.48 bits per heavy atom. The van der Waals surface area contributed by atoms with Crippen LogP contribution in [0, 0.1) is 12.3 Å². The second kappa shape index (κ2) is 7.65. The zero-order valence-corrected chi connectivity index (χ0v) is 13.4. The van der Waals surface area contributed by atoms with E-state index in [1.54, 1.807) is 24.3 Å². The summed E-state index contributed by atoms with van der Waals surface area (Å²) in [5.74, 6) is -0.410. The maximum atomic E-state index is 13.5. The van der Waals surface area contributed by atoms with Crippen LogP contribution in [0.15, 0.2) is 24.3 Å². The van der Waals surface area contributed by atoms with Gasteiger partial charge in [-0.25, -0.2) is 8.78 Å². The highest BCUT2D eigenvalue weighted by molar-refractivity contribution is 6.27. The summed E-state index contributed by atoms with van der Waals surface area (Å²) in [5.41, 5.74) is 0.719. The Hall–Kier alpha value is -1.80. The largest absolute Gasteiger partial charge is 0.481 e. The third-order valence-corrected chi connectivity index (χ3v) is 4.11. The van der Waals surface area contributed by atoms with Crippen molar-refractivity contribution in [3.8, 4) is 18.1 Å². The Labute approximate surface area is 139 Å². The molecule has 0 saturated heterocycles. The maximum Gasteiger partial charge on any atom is 0.250 e. The fourth-order valence-electron chi connectivity index (χ4n) is 2.77. The minimum Gasteiger partial charge on any atom is -0.481 e. The third kappa shape index (κ3) is 4.59. The van der Waals surface area contributed by atoms with E-state index in [1.165, 1.54) is 4.90 Å². The first-order valence-corrected chi connectivity index (χ1v) is 7.87. The fraction of sp³-hybridized carbons (Fsp3) is 0.471. The Bertz CT molecular complexity index is 601. The van der Waals surface area contributed by atoms with Gasteiger partial charge in [0.15, 0.2) is 0 Å². The zero-order valence-electron chi connectivity index (χ0n) is 12.6. The number of halogens is 3. The van der Waals surface area contributed by atoms with Crippen molar-refractivity contribution in [2.24, 2.45) is 0 Å². The number of nitrogens with zero attached hydrogens (tertiary/aromatic N) is 1. The van der Waals surface area contributed by atoms with Crippen LogP contribution in [-0.2, 0) is 11.3 Å². The lowest BCUT2D eigenvalue weighted by molar-refractivity contribution is -0.131. The Balaban J connectivity index is 2.19. The third-order valence-electron chi connectivity index (χ3n) is 3.88. The van der Waals surface area contributed by atoms with Gasteiger partial charge in [0.2, 0.25) is 11.8 Å². The minimum atomic E-state index is -2.73. The molecule has 0 bridgehead atoms. The van der Waals surface area contributed by atoms with Crippen molar-refractivity contribution in [1.82, 2.24) is 4.90 Å². The topological polar surface area (TPSA) is 29.5 Å². The number of hydrogen-bond donors (Lipinski definition) is 0. The maximum absolute atomic E-state index is 13.5. The number of carbonyl (C=O) groups excluding carboxylic acids is 1. The Morgan fingerprint density at radius 3 is 2.83 bits per heavy atom. The van der Waals surface area contributed by atoms with Crippen molar-refractivity contribution >= 4 is 17.5 Å². The average molecular weight is 342 g/mol. The van der Waals surface area contributed by atoms with Crippen molar-refractivity contribution in [2.45, 2.75) is 37.8 Å². The van der Waals surface area contributed by atoms with Crippen LogP contribution in [0.4, 0.5) is 8.78 Å². The van der Waals surface area contributed by atoms with E-state index in [1.807, 2.05) is 0 Å². The van der Waals surface area contributed by atoms with Gasteiger partial charge in [-0.2, -0.15) is 0 Å². The van der Waals surface area contributed by atoms with E-state index in [0.717, 1.165) is 5.56 Å². The van der Waals surface area contributed by atoms with Crippen LogP contribution in [0.3, 0.4) is 0 Å². The minimum absolute atomic E-state index is 0.0992. The van der Waals surface area contributed by atoms with Crippen molar-refractivity contribution in [3.05, 3.63) is 29.8 Å². The summed E-state index contributed by atoms with van der Waals surface area (Å²) in [5, 5.41) is 0. The van der Waals surface area contributed by atoms with Gasteiger partial charge < -0.3 is 9.64 Å². The molecule has 1 aromatic rings. The molecule has 1 fully saturated rings. The van der Waals surface area contributed by atoms with Crippen LogP contribution in [0.2, 0.25) is 0 Å². The average Bonchev–Trinajstić information content (AvgIpc) is 2.90. The number of para-hydroxylation sites is 1. The molecule has 0 aromatic heterocycles. The summed E-state index contributed by atoms with van der Waals surface area (Å²) in [6.07, 6.45) is 4.91. The first kappa shape index (κ1) is 17.6. The number of hydrogen-bond acceptors (Lipinski definition) is 2. The summed E-state index contributed by atoms with van der Waals surface area (Å²) in [4.78, 5) is 13.5. The number of alkyl halides is 3. The summed E-state index contributed by atoms with van der Waals surface area (Å²) in [6, 6.07) is 6.58. The molecule has 1 saturated carbocycles. The molecule has 0 radical (unpaired) electrons. The molecule has 1 aliphatic carbocycles. The molecule has 6 heteroatoms. The Kier molecular flexibility index (Phi) is 5.84. The van der Waals surface area contributed by atoms with Crippen LogP contribution in [0.25, 0.3) is 0 Å². The van der Waals surface area contributed by atoms with Gasteiger partial charge in [0.05, 0.1) is 0 Å². The monoisotopic (exact) mass is 341 g/mol. The number of terminal acetylenes is 1. The van der Waals surface area contributed by atoms with E-state index in [-0.39, 0.29) is 44.2 Å². The van der Waals surface area contributed by atoms with E-state index in [2.05, 4.69) is 5.92 Å². The molecule has 0 heterocycles. The van der Waals surface area contributed by atoms with Gasteiger partial charge in [0.1, 0.15) is 18.2 Å². The number of benzene rings is 1. The lowest BCUT2D eigenvalue weighted by Gasteiger charge is -2.29. The smallest absolute Gasteiger partial charge is 0.250 e. The molecule has 0 spiro atoms. The van der Waals surface area contributed by atoms with Gasteiger partial charge in [-0.1, -0.05) is 24.1 Å². The summed E-state index contributed by atoms with van der Waals surface area (Å²) in [6.45, 7) is 0.273. The van der Waals surface area contributed by atoms with Crippen LogP contribution in [0.5, 0.6) is 5.75 Å². The van der Waals surface area contributed by atoms with Crippen molar-refractivity contribution in [2.75, 3.05) is 12.5 Å². The van der Waals surface area contributed by atoms with Gasteiger partial charge in [-0.05, 0) is 12.5 Å². The van der Waals surface area contributed by atoms with E-state index < -0.39 is 12.0 Å². The predicted molar refractivity (Wildman–Crippen MR) is 84.6 cm³/mol. The molecule has 1 unspecified atom stereocenters. The molecule has 1 aliphatic rings. The van der Waals surface area contributed by atoms with Gasteiger partial charge in [0, 0.05) is 31.0 Å². The number of amides is 1. The second-order valence-electron chi connectivity index (χ2n) is 5.51. The van der Waals surface area contributed by atoms with E-state index in [4.69, 9.17) is 22.8 Å². The predicted octanol–water partition coefficient (Wildman–Crippen LogP) is 3.45. The molecular weight excluding hydrogens is 324 g/mol. The molecular formula is C17H18ClF2NO2. The standard InChI is InChI=1S/C17H18ClF2NO2/c1-2-9-23-15-6-4-3-5-13(15)12-21(16(22)11-18)14-7-8-17(19,20)10-14/h1,3-6,14H,7-12H2. The van der Waals surface area contributed by atoms with Crippen LogP contribution in [0.1, 0.15) is 24.8 Å². The van der Waals surface area contributed by atoms with Crippen LogP contribution >= 0.6 is 11.6 Å². The van der Waals surface area contributed by atoms with E-state index in [9.17, 15) is 13.6 Å². The van der Waals surface area contributed by atoms with Crippen LogP contribution in [-0.4, -0.2) is 35.3 Å². The van der Waals surface area contributed by atoms with E-state index >= 15 is 0 Å². The Morgan fingerprint density at radius 2 is 2.22 bits per heavy atom. The molecule has 1 amide bonds. The SMILES string of the molecule is C#CCOc1ccccc1CN(C(=O)CCl)C1CCC(F)(F)C1. The summed E-state index contributed by atoms with van der Waals surface area (Å²) in [7, 11) is 0. The number of rotatable bonds is 6. The number of ether oxygens (including phenoxy) is 1. The van der Waals surface area contributed by atoms with Crippen LogP contribution < -0.4 is 4.74 Å². The lowest BCUT2D eigenvalue weighted by Crippen LogP contribution is -2.40. The zero-order chi connectivity index (χ0) is 16.9. The molecule has 3 nitrogen and oxygen atoms in total. The quantitative estimate of drug-likeness (QED) is 0.586. The normalized spacial score (nSPS) is 19.1. The molecule has 124 valence electrons. The molecule has 2 rings (SSSR count). The highest BCUT2D eigenvalue weighted by Crippen LogP contribution is 2.38. The second-order valence-corrected chi connectivity index (χ2v) is 5.78. The molecule has 0 aliphatic heterocycles. The van der Waals surface area contributed by atoms with Crippen molar-refractivity contribution in [3.63, 3.8) is 0 Å². The molecule has 1 atom stereocenters. The number of carbonyl (C=O) groups is 1. The molecule has 23 heavy (non-hydrogen) atoms. The first-order chi connectivity index (χ1) is 11.0. The van der Waals surface area contributed by atoms with Crippen molar-refractivity contribution < 1.29 is 18.3 Å². The highest BCUT2D eigenvalue weighted by atomic mass is 35.5. The van der Waals surface area contributed by atoms with Gasteiger partial charge >= 0.3 is 0 Å². The van der Waals surface area contributed by atoms with Gasteiger partial charge in [0.25, 0.3) is 0 Å². The lowest BCUT2D eigenvalue weighted by atomic mass is 10.1. The van der Waals surface area contributed by atoms with Crippen molar-refractivity contribution in [1.29, 1.82) is 0 Å². The summed E-state index contributed by atoms with van der Waals surface area (Å²) < 4.78 is 32.4. The molecule has 0 N–H and O–H groups in total. The fourth-order valence-corrected chi connectivity index (χ4v) is 2.92. The summed E-state index contributed by atoms with van der Waals surface area (Å²) >= 11 is 5.65. The first-order valence-electron chi connectivity index (χ1n) is 7.34. The van der Waals surface area contributed by atoms with Gasteiger partial charge in [-0.3, -0.25) is 4.79 Å². The van der Waals surface area contributed by atoms with Gasteiger partial charge in [-0.15, -0.1) is 18.0 Å². The van der Waals surface area contributed by atoms with E-state index in [0.29, 0.717) is 5.75 Å². The molecule has 1 aromatic carbocycles.